The van der Waals surface area contributed by atoms with E-state index in [9.17, 15) is 4.79 Å². The van der Waals surface area contributed by atoms with Crippen LogP contribution in [0.2, 0.25) is 0 Å². The van der Waals surface area contributed by atoms with Gasteiger partial charge in [0.15, 0.2) is 11.5 Å². The number of ether oxygens (including phenoxy) is 1. The lowest BCUT2D eigenvalue weighted by Crippen LogP contribution is -2.31. The summed E-state index contributed by atoms with van der Waals surface area (Å²) in [6.07, 6.45) is 4.03. The largest absolute Gasteiger partial charge is 0.376 e. The van der Waals surface area contributed by atoms with Gasteiger partial charge in [-0.1, -0.05) is 30.3 Å². The number of carbonyl (C=O) groups excluding carboxylic acids is 1. The van der Waals surface area contributed by atoms with Gasteiger partial charge in [-0.3, -0.25) is 9.20 Å². The van der Waals surface area contributed by atoms with Crippen LogP contribution in [0.15, 0.2) is 48.7 Å². The van der Waals surface area contributed by atoms with Crippen molar-refractivity contribution in [1.29, 1.82) is 0 Å². The molecule has 1 saturated heterocycles. The minimum absolute atomic E-state index is 0.114. The van der Waals surface area contributed by atoms with Gasteiger partial charge in [0.05, 0.1) is 6.10 Å². The highest BCUT2D eigenvalue weighted by Gasteiger charge is 2.17. The average Bonchev–Trinajstić information content (AvgIpc) is 3.29. The Morgan fingerprint density at radius 2 is 2.12 bits per heavy atom. The summed E-state index contributed by atoms with van der Waals surface area (Å²) in [4.78, 5) is 12.3. The number of hydrogen-bond donors (Lipinski definition) is 1. The molecule has 3 aromatic rings. The second-order valence-corrected chi connectivity index (χ2v) is 5.88. The predicted molar refractivity (Wildman–Crippen MR) is 89.7 cm³/mol. The number of aromatic nitrogens is 3. The van der Waals surface area contributed by atoms with Crippen molar-refractivity contribution in [2.24, 2.45) is 0 Å². The van der Waals surface area contributed by atoms with Gasteiger partial charge in [0, 0.05) is 30.5 Å². The van der Waals surface area contributed by atoms with E-state index in [4.69, 9.17) is 4.74 Å². The first kappa shape index (κ1) is 14.8. The van der Waals surface area contributed by atoms with Crippen molar-refractivity contribution >= 4 is 11.6 Å². The molecule has 1 atom stereocenters. The third-order valence-electron chi connectivity index (χ3n) is 4.22. The maximum absolute atomic E-state index is 12.3. The first-order valence-electron chi connectivity index (χ1n) is 8.11. The average molecular weight is 322 g/mol. The summed E-state index contributed by atoms with van der Waals surface area (Å²) in [5.74, 6) is 0.647. The Morgan fingerprint density at radius 3 is 2.92 bits per heavy atom. The van der Waals surface area contributed by atoms with E-state index in [-0.39, 0.29) is 12.0 Å². The van der Waals surface area contributed by atoms with Crippen LogP contribution in [-0.4, -0.2) is 39.8 Å². The van der Waals surface area contributed by atoms with Crippen molar-refractivity contribution in [2.45, 2.75) is 18.9 Å². The summed E-state index contributed by atoms with van der Waals surface area (Å²) in [6, 6.07) is 13.4. The van der Waals surface area contributed by atoms with E-state index in [0.717, 1.165) is 30.8 Å². The summed E-state index contributed by atoms with van der Waals surface area (Å²) < 4.78 is 7.40. The Hall–Kier alpha value is -2.73. The van der Waals surface area contributed by atoms with Crippen molar-refractivity contribution in [3.63, 3.8) is 0 Å². The predicted octanol–water partition coefficient (Wildman–Crippen LogP) is 2.31. The molecule has 6 heteroatoms. The van der Waals surface area contributed by atoms with E-state index < -0.39 is 0 Å². The zero-order chi connectivity index (χ0) is 16.4. The van der Waals surface area contributed by atoms with E-state index in [2.05, 4.69) is 15.5 Å². The number of pyridine rings is 1. The number of rotatable bonds is 4. The zero-order valence-electron chi connectivity index (χ0n) is 13.2. The van der Waals surface area contributed by atoms with Gasteiger partial charge in [-0.05, 0) is 25.0 Å². The molecular formula is C18H18N4O2. The molecular weight excluding hydrogens is 304 g/mol. The van der Waals surface area contributed by atoms with Crippen LogP contribution in [0.3, 0.4) is 0 Å². The molecule has 1 aliphatic heterocycles. The van der Waals surface area contributed by atoms with Crippen LogP contribution < -0.4 is 5.32 Å². The summed E-state index contributed by atoms with van der Waals surface area (Å²) in [5.41, 5.74) is 2.21. The van der Waals surface area contributed by atoms with Crippen molar-refractivity contribution < 1.29 is 9.53 Å². The molecule has 2 aromatic heterocycles. The normalized spacial score (nSPS) is 17.2. The second kappa shape index (κ2) is 6.41. The van der Waals surface area contributed by atoms with E-state index in [0.29, 0.717) is 17.8 Å². The highest BCUT2D eigenvalue weighted by molar-refractivity contribution is 5.95. The second-order valence-electron chi connectivity index (χ2n) is 5.88. The maximum atomic E-state index is 12.3. The number of benzene rings is 1. The topological polar surface area (TPSA) is 68.5 Å². The first-order valence-corrected chi connectivity index (χ1v) is 8.11. The lowest BCUT2D eigenvalue weighted by atomic mass is 10.2. The minimum Gasteiger partial charge on any atom is -0.376 e. The molecule has 0 unspecified atom stereocenters. The number of hydrogen-bond acceptors (Lipinski definition) is 4. The Labute approximate surface area is 139 Å². The van der Waals surface area contributed by atoms with Gasteiger partial charge in [0.1, 0.15) is 0 Å². The standard InChI is InChI=1S/C18H18N4O2/c23-18(19-12-15-7-4-10-24-15)14-8-9-22-16(11-14)20-21-17(22)13-5-2-1-3-6-13/h1-3,5-6,8-9,11,15H,4,7,10,12H2,(H,19,23)/t15-/m1/s1. The molecule has 1 N–H and O–H groups in total. The quantitative estimate of drug-likeness (QED) is 0.800. The van der Waals surface area contributed by atoms with E-state index >= 15 is 0 Å². The maximum Gasteiger partial charge on any atom is 0.251 e. The molecule has 3 heterocycles. The molecule has 122 valence electrons. The summed E-state index contributed by atoms with van der Waals surface area (Å²) >= 11 is 0. The number of nitrogens with one attached hydrogen (secondary N) is 1. The van der Waals surface area contributed by atoms with Gasteiger partial charge in [0.2, 0.25) is 0 Å². The third kappa shape index (κ3) is 2.88. The molecule has 1 fully saturated rings. The summed E-state index contributed by atoms with van der Waals surface area (Å²) in [6.45, 7) is 1.33. The summed E-state index contributed by atoms with van der Waals surface area (Å²) in [7, 11) is 0. The molecule has 1 amide bonds. The van der Waals surface area contributed by atoms with Gasteiger partial charge in [0.25, 0.3) is 5.91 Å². The van der Waals surface area contributed by atoms with Crippen LogP contribution in [0, 0.1) is 0 Å². The fraction of sp³-hybridized carbons (Fsp3) is 0.278. The van der Waals surface area contributed by atoms with Gasteiger partial charge < -0.3 is 10.1 Å². The number of fused-ring (bicyclic) bond motifs is 1. The number of carbonyl (C=O) groups is 1. The van der Waals surface area contributed by atoms with E-state index in [1.165, 1.54) is 0 Å². The number of nitrogens with zero attached hydrogens (tertiary/aromatic N) is 3. The van der Waals surface area contributed by atoms with Gasteiger partial charge in [-0.2, -0.15) is 0 Å². The van der Waals surface area contributed by atoms with Gasteiger partial charge >= 0.3 is 0 Å². The molecule has 24 heavy (non-hydrogen) atoms. The zero-order valence-corrected chi connectivity index (χ0v) is 13.2. The molecule has 0 saturated carbocycles. The SMILES string of the molecule is O=C(NC[C@H]1CCCO1)c1ccn2c(-c3ccccc3)nnc2c1. The van der Waals surface area contributed by atoms with E-state index in [1.54, 1.807) is 12.1 Å². The van der Waals surface area contributed by atoms with Crippen LogP contribution >= 0.6 is 0 Å². The molecule has 1 aromatic carbocycles. The monoisotopic (exact) mass is 322 g/mol. The molecule has 0 aliphatic carbocycles. The smallest absolute Gasteiger partial charge is 0.251 e. The third-order valence-corrected chi connectivity index (χ3v) is 4.22. The molecule has 0 radical (unpaired) electrons. The molecule has 6 nitrogen and oxygen atoms in total. The summed E-state index contributed by atoms with van der Waals surface area (Å²) in [5, 5.41) is 11.3. The molecule has 0 bridgehead atoms. The van der Waals surface area contributed by atoms with Gasteiger partial charge in [-0.15, -0.1) is 10.2 Å². The van der Waals surface area contributed by atoms with Crippen molar-refractivity contribution in [2.75, 3.05) is 13.2 Å². The Balaban J connectivity index is 1.54. The van der Waals surface area contributed by atoms with Crippen molar-refractivity contribution in [3.05, 3.63) is 54.2 Å². The Bertz CT molecular complexity index is 854. The molecule has 4 rings (SSSR count). The van der Waals surface area contributed by atoms with Crippen molar-refractivity contribution in [1.82, 2.24) is 19.9 Å². The minimum atomic E-state index is -0.114. The first-order chi connectivity index (χ1) is 11.8. The van der Waals surface area contributed by atoms with E-state index in [1.807, 2.05) is 40.9 Å². The highest BCUT2D eigenvalue weighted by Crippen LogP contribution is 2.18. The lowest BCUT2D eigenvalue weighted by Gasteiger charge is -2.10. The molecule has 0 spiro atoms. The van der Waals surface area contributed by atoms with Crippen molar-refractivity contribution in [3.8, 4) is 11.4 Å². The Morgan fingerprint density at radius 1 is 1.25 bits per heavy atom. The lowest BCUT2D eigenvalue weighted by molar-refractivity contribution is 0.0858. The van der Waals surface area contributed by atoms with Gasteiger partial charge in [-0.25, -0.2) is 0 Å². The fourth-order valence-electron chi connectivity index (χ4n) is 2.93. The van der Waals surface area contributed by atoms with Crippen LogP contribution in [0.25, 0.3) is 17.0 Å². The Kier molecular flexibility index (Phi) is 3.96. The van der Waals surface area contributed by atoms with Crippen LogP contribution in [0.1, 0.15) is 23.2 Å². The highest BCUT2D eigenvalue weighted by atomic mass is 16.5. The van der Waals surface area contributed by atoms with Crippen LogP contribution in [0.4, 0.5) is 0 Å². The molecule has 1 aliphatic rings. The van der Waals surface area contributed by atoms with Crippen LogP contribution in [0.5, 0.6) is 0 Å². The van der Waals surface area contributed by atoms with Crippen LogP contribution in [-0.2, 0) is 4.74 Å². The number of amides is 1. The fourth-order valence-corrected chi connectivity index (χ4v) is 2.93.